The molecule has 0 spiro atoms. The molecule has 0 aliphatic carbocycles. The molecule has 0 fully saturated rings. The van der Waals surface area contributed by atoms with Gasteiger partial charge >= 0.3 is 5.97 Å². The molecule has 0 bridgehead atoms. The lowest BCUT2D eigenvalue weighted by Crippen LogP contribution is -2.25. The van der Waals surface area contributed by atoms with Gasteiger partial charge < -0.3 is 14.7 Å². The van der Waals surface area contributed by atoms with E-state index in [1.165, 1.54) is 0 Å². The molecule has 0 heterocycles. The molecule has 0 radical (unpaired) electrons. The van der Waals surface area contributed by atoms with Crippen molar-refractivity contribution in [2.45, 2.75) is 45.6 Å². The van der Waals surface area contributed by atoms with Crippen LogP contribution in [0.5, 0.6) is 0 Å². The number of carbonyl (C=O) groups is 1. The highest BCUT2D eigenvalue weighted by Crippen LogP contribution is 2.09. The van der Waals surface area contributed by atoms with Gasteiger partial charge in [0.15, 0.2) is 0 Å². The molecule has 0 aromatic heterocycles. The molecule has 0 saturated carbocycles. The van der Waals surface area contributed by atoms with Crippen molar-refractivity contribution in [3.8, 4) is 0 Å². The Kier molecular flexibility index (Phi) is 7.34. The summed E-state index contributed by atoms with van der Waals surface area (Å²) in [5.41, 5.74) is -0.384. The van der Waals surface area contributed by atoms with Gasteiger partial charge in [0.25, 0.3) is 0 Å². The van der Waals surface area contributed by atoms with E-state index in [1.807, 2.05) is 27.8 Å². The minimum Gasteiger partial charge on any atom is -0.460 e. The topological polar surface area (TPSA) is 49.8 Å². The first kappa shape index (κ1) is 15.4. The van der Waals surface area contributed by atoms with Crippen LogP contribution in [0.2, 0.25) is 0 Å². The van der Waals surface area contributed by atoms with Crippen molar-refractivity contribution in [2.75, 3.05) is 26.7 Å². The highest BCUT2D eigenvalue weighted by Gasteiger charge is 2.15. The monoisotopic (exact) mass is 231 g/mol. The van der Waals surface area contributed by atoms with Gasteiger partial charge in [0, 0.05) is 13.0 Å². The third-order valence-corrected chi connectivity index (χ3v) is 2.07. The van der Waals surface area contributed by atoms with Crippen molar-refractivity contribution in [2.24, 2.45) is 0 Å². The van der Waals surface area contributed by atoms with Crippen molar-refractivity contribution in [3.05, 3.63) is 0 Å². The number of ether oxygens (including phenoxy) is 1. The second-order valence-corrected chi connectivity index (χ2v) is 5.07. The molecule has 0 atom stereocenters. The summed E-state index contributed by atoms with van der Waals surface area (Å²) in [6.07, 6.45) is 2.27. The standard InChI is InChI=1S/C12H25NO3/c1-12(2,3)16-11(15)7-5-6-8-13(4)9-10-14/h14H,5-10H2,1-4H3. The fraction of sp³-hybridized carbons (Fsp3) is 0.917. The first-order chi connectivity index (χ1) is 7.35. The van der Waals surface area contributed by atoms with Gasteiger partial charge in [-0.25, -0.2) is 0 Å². The smallest absolute Gasteiger partial charge is 0.306 e. The van der Waals surface area contributed by atoms with E-state index in [2.05, 4.69) is 4.90 Å². The van der Waals surface area contributed by atoms with E-state index >= 15 is 0 Å². The van der Waals surface area contributed by atoms with Crippen LogP contribution in [0.3, 0.4) is 0 Å². The van der Waals surface area contributed by atoms with Gasteiger partial charge in [0.05, 0.1) is 6.61 Å². The molecule has 0 unspecified atom stereocenters. The summed E-state index contributed by atoms with van der Waals surface area (Å²) in [6, 6.07) is 0. The number of hydrogen-bond donors (Lipinski definition) is 1. The van der Waals surface area contributed by atoms with Crippen molar-refractivity contribution in [1.82, 2.24) is 4.90 Å². The van der Waals surface area contributed by atoms with Crippen molar-refractivity contribution in [1.29, 1.82) is 0 Å². The highest BCUT2D eigenvalue weighted by molar-refractivity contribution is 5.69. The summed E-state index contributed by atoms with van der Waals surface area (Å²) in [5.74, 6) is -0.127. The second kappa shape index (κ2) is 7.63. The van der Waals surface area contributed by atoms with Crippen LogP contribution in [0, 0.1) is 0 Å². The predicted octanol–water partition coefficient (Wildman–Crippen LogP) is 1.42. The molecule has 0 aliphatic rings. The minimum absolute atomic E-state index is 0.127. The summed E-state index contributed by atoms with van der Waals surface area (Å²) in [6.45, 7) is 7.40. The average Bonchev–Trinajstić information content (AvgIpc) is 2.10. The van der Waals surface area contributed by atoms with Gasteiger partial charge in [-0.15, -0.1) is 0 Å². The molecule has 0 amide bonds. The number of hydrogen-bond acceptors (Lipinski definition) is 4. The first-order valence-corrected chi connectivity index (χ1v) is 5.86. The van der Waals surface area contributed by atoms with Crippen LogP contribution in [0.4, 0.5) is 0 Å². The second-order valence-electron chi connectivity index (χ2n) is 5.07. The Balaban J connectivity index is 3.48. The molecule has 0 rings (SSSR count). The number of esters is 1. The van der Waals surface area contributed by atoms with E-state index in [1.54, 1.807) is 0 Å². The first-order valence-electron chi connectivity index (χ1n) is 5.86. The zero-order valence-corrected chi connectivity index (χ0v) is 11.0. The summed E-state index contributed by atoms with van der Waals surface area (Å²) < 4.78 is 5.20. The largest absolute Gasteiger partial charge is 0.460 e. The molecule has 4 heteroatoms. The van der Waals surface area contributed by atoms with E-state index in [4.69, 9.17) is 9.84 Å². The van der Waals surface area contributed by atoms with E-state index in [9.17, 15) is 4.79 Å². The molecule has 96 valence electrons. The Morgan fingerprint density at radius 1 is 1.25 bits per heavy atom. The molecular weight excluding hydrogens is 206 g/mol. The number of aliphatic hydroxyl groups is 1. The average molecular weight is 231 g/mol. The Labute approximate surface area is 98.6 Å². The van der Waals surface area contributed by atoms with E-state index in [0.29, 0.717) is 13.0 Å². The normalized spacial score (nSPS) is 11.9. The molecule has 0 saturated heterocycles. The van der Waals surface area contributed by atoms with Crippen LogP contribution in [-0.4, -0.2) is 48.3 Å². The third-order valence-electron chi connectivity index (χ3n) is 2.07. The molecule has 0 aliphatic heterocycles. The Morgan fingerprint density at radius 2 is 1.88 bits per heavy atom. The zero-order valence-electron chi connectivity index (χ0n) is 11.0. The lowest BCUT2D eigenvalue weighted by atomic mass is 10.2. The molecular formula is C12H25NO3. The predicted molar refractivity (Wildman–Crippen MR) is 64.3 cm³/mol. The molecule has 4 nitrogen and oxygen atoms in total. The number of carbonyl (C=O) groups excluding carboxylic acids is 1. The Hall–Kier alpha value is -0.610. The van der Waals surface area contributed by atoms with Gasteiger partial charge in [-0.05, 0) is 47.2 Å². The lowest BCUT2D eigenvalue weighted by Gasteiger charge is -2.19. The van der Waals surface area contributed by atoms with Crippen LogP contribution >= 0.6 is 0 Å². The van der Waals surface area contributed by atoms with E-state index < -0.39 is 0 Å². The third kappa shape index (κ3) is 9.93. The quantitative estimate of drug-likeness (QED) is 0.532. The summed E-state index contributed by atoms with van der Waals surface area (Å²) in [5, 5.41) is 8.69. The molecule has 16 heavy (non-hydrogen) atoms. The number of nitrogens with zero attached hydrogens (tertiary/aromatic N) is 1. The summed E-state index contributed by atoms with van der Waals surface area (Å²) in [4.78, 5) is 13.4. The maximum atomic E-state index is 11.4. The van der Waals surface area contributed by atoms with Crippen LogP contribution in [0.15, 0.2) is 0 Å². The molecule has 0 aromatic carbocycles. The van der Waals surface area contributed by atoms with Crippen LogP contribution in [0.25, 0.3) is 0 Å². The van der Waals surface area contributed by atoms with Gasteiger partial charge in [-0.3, -0.25) is 4.79 Å². The minimum atomic E-state index is -0.384. The van der Waals surface area contributed by atoms with Crippen LogP contribution < -0.4 is 0 Å². The van der Waals surface area contributed by atoms with Gasteiger partial charge in [-0.2, -0.15) is 0 Å². The van der Waals surface area contributed by atoms with Crippen LogP contribution in [0.1, 0.15) is 40.0 Å². The van der Waals surface area contributed by atoms with Crippen LogP contribution in [-0.2, 0) is 9.53 Å². The van der Waals surface area contributed by atoms with Crippen molar-refractivity contribution in [3.63, 3.8) is 0 Å². The lowest BCUT2D eigenvalue weighted by molar-refractivity contribution is -0.154. The van der Waals surface area contributed by atoms with Gasteiger partial charge in [0.1, 0.15) is 5.60 Å². The highest BCUT2D eigenvalue weighted by atomic mass is 16.6. The fourth-order valence-corrected chi connectivity index (χ4v) is 1.33. The maximum absolute atomic E-state index is 11.4. The number of unbranched alkanes of at least 4 members (excludes halogenated alkanes) is 1. The number of aliphatic hydroxyl groups excluding tert-OH is 1. The van der Waals surface area contributed by atoms with Gasteiger partial charge in [0.2, 0.25) is 0 Å². The molecule has 1 N–H and O–H groups in total. The fourth-order valence-electron chi connectivity index (χ4n) is 1.33. The zero-order chi connectivity index (χ0) is 12.6. The number of rotatable bonds is 7. The molecule has 0 aromatic rings. The van der Waals surface area contributed by atoms with Gasteiger partial charge in [-0.1, -0.05) is 0 Å². The number of likely N-dealkylation sites (N-methyl/N-ethyl adjacent to an activating group) is 1. The maximum Gasteiger partial charge on any atom is 0.306 e. The summed E-state index contributed by atoms with van der Waals surface area (Å²) >= 11 is 0. The van der Waals surface area contributed by atoms with Crippen molar-refractivity contribution >= 4 is 5.97 Å². The summed E-state index contributed by atoms with van der Waals surface area (Å²) in [7, 11) is 1.96. The van der Waals surface area contributed by atoms with E-state index in [0.717, 1.165) is 19.4 Å². The van der Waals surface area contributed by atoms with E-state index in [-0.39, 0.29) is 18.2 Å². The Morgan fingerprint density at radius 3 is 2.38 bits per heavy atom. The van der Waals surface area contributed by atoms with Crippen molar-refractivity contribution < 1.29 is 14.6 Å². The Bertz CT molecular complexity index is 199. The SMILES string of the molecule is CN(CCO)CCCCC(=O)OC(C)(C)C.